The van der Waals surface area contributed by atoms with Gasteiger partial charge in [-0.3, -0.25) is 0 Å². The lowest BCUT2D eigenvalue weighted by molar-refractivity contribution is 0.619. The Morgan fingerprint density at radius 1 is 0.218 bits per heavy atom. The maximum absolute atomic E-state index is 6.89. The minimum atomic E-state index is 0.515. The van der Waals surface area contributed by atoms with Gasteiger partial charge in [0.25, 0.3) is 0 Å². The first kappa shape index (κ1) is 73.4. The molecule has 14 heteroatoms. The second kappa shape index (κ2) is 30.8. The van der Waals surface area contributed by atoms with E-state index in [1.165, 1.54) is 16.3 Å². The Hall–Kier alpha value is -15.7. The predicted octanol–water partition coefficient (Wildman–Crippen LogP) is 32.2. The highest BCUT2D eigenvalue weighted by Crippen LogP contribution is 2.47. The molecule has 0 spiro atoms. The predicted molar refractivity (Wildman–Crippen MR) is 517 cm³/mol. The van der Waals surface area contributed by atoms with Crippen molar-refractivity contribution in [1.29, 1.82) is 0 Å². The summed E-state index contributed by atoms with van der Waals surface area (Å²) >= 11 is 6.99. The number of nitrogens with one attached hydrogen (secondary N) is 1. The highest BCUT2D eigenvalue weighted by atomic mass is 79.9. The number of halogens is 2. The van der Waals surface area contributed by atoms with Gasteiger partial charge in [-0.05, 0) is 188 Å². The Morgan fingerprint density at radius 3 is 0.968 bits per heavy atom. The molecule has 0 radical (unpaired) electrons. The van der Waals surface area contributed by atoms with Gasteiger partial charge in [-0.2, -0.15) is 0 Å². The molecular weight excluding hydrogens is 1660 g/mol. The standard InChI is InChI=1S/C67H43N5O2.C24H18N2.C19H9Br2NO2/c1-5-19-45(20-6-1)69(46-21-7-2-8-22-46)49-33-35-55-53-27-13-16-30-60(53)71(62(55)40-49)51-37-44(67-68-59-43-65-58(42-66(59)74-67)57-29-15-18-32-64(57)73-65)38-52(39-51)72-61-31-17-14-28-54(61)56-36-34-50(41-63(56)72)70(47-23-9-3-10-24-47)48-25-11-4-12-26-48;1-3-9-18(10-4-1)26(19-11-5-2-6-12-19)20-15-16-22-21-13-7-8-14-23(21)25-24(22)17-20;20-11-5-10(6-12(21)7-11)19-22-15-9-17-14(8-18(15)24-19)13-3-1-2-4-16(13)23-17/h1-43H;1-17,25H;1-9H. The lowest BCUT2D eigenvalue weighted by Gasteiger charge is -2.26. The van der Waals surface area contributed by atoms with Crippen molar-refractivity contribution in [2.24, 2.45) is 0 Å². The molecule has 0 atom stereocenters. The number of H-pyrrole nitrogens is 1. The summed E-state index contributed by atoms with van der Waals surface area (Å²) in [6.07, 6.45) is 0. The Labute approximate surface area is 727 Å². The van der Waals surface area contributed by atoms with Gasteiger partial charge in [0.15, 0.2) is 11.2 Å². The third-order valence-electron chi connectivity index (χ3n) is 23.2. The van der Waals surface area contributed by atoms with Crippen LogP contribution in [0.25, 0.3) is 166 Å². The Morgan fingerprint density at radius 2 is 0.548 bits per heavy atom. The molecule has 124 heavy (non-hydrogen) atoms. The number of benzene rings is 18. The van der Waals surface area contributed by atoms with Gasteiger partial charge in [-0.15, -0.1) is 0 Å². The molecule has 0 aliphatic carbocycles. The van der Waals surface area contributed by atoms with Gasteiger partial charge >= 0.3 is 0 Å². The first-order valence-electron chi connectivity index (χ1n) is 41.1. The summed E-state index contributed by atoms with van der Waals surface area (Å²) in [5.41, 5.74) is 26.4. The van der Waals surface area contributed by atoms with Crippen molar-refractivity contribution in [3.63, 3.8) is 0 Å². The molecule has 25 rings (SSSR count). The zero-order chi connectivity index (χ0) is 82.3. The van der Waals surface area contributed by atoms with Crippen LogP contribution in [-0.2, 0) is 0 Å². The van der Waals surface area contributed by atoms with Crippen molar-refractivity contribution in [2.45, 2.75) is 0 Å². The highest BCUT2D eigenvalue weighted by molar-refractivity contribution is 9.11. The number of hydrogen-bond donors (Lipinski definition) is 1. The van der Waals surface area contributed by atoms with Gasteiger partial charge in [0, 0.05) is 160 Å². The number of fused-ring (bicyclic) bond motifs is 17. The fourth-order valence-corrected chi connectivity index (χ4v) is 19.0. The van der Waals surface area contributed by atoms with Crippen molar-refractivity contribution >= 4 is 215 Å². The van der Waals surface area contributed by atoms with Crippen molar-refractivity contribution in [1.82, 2.24) is 24.1 Å². The number of nitrogens with zero attached hydrogens (tertiary/aromatic N) is 7. The van der Waals surface area contributed by atoms with E-state index in [0.29, 0.717) is 17.4 Å². The van der Waals surface area contributed by atoms with Gasteiger partial charge < -0.3 is 46.5 Å². The summed E-state index contributed by atoms with van der Waals surface area (Å²) in [4.78, 5) is 20.3. The number of anilines is 9. The van der Waals surface area contributed by atoms with E-state index in [4.69, 9.17) is 22.7 Å². The minimum absolute atomic E-state index is 0.515. The normalized spacial score (nSPS) is 11.6. The fraction of sp³-hybridized carbons (Fsp3) is 0. The lowest BCUT2D eigenvalue weighted by atomic mass is 10.1. The second-order valence-corrected chi connectivity index (χ2v) is 32.6. The first-order valence-corrected chi connectivity index (χ1v) is 42.7. The zero-order valence-electron chi connectivity index (χ0n) is 66.4. The van der Waals surface area contributed by atoms with Crippen molar-refractivity contribution < 1.29 is 17.7 Å². The number of oxazole rings is 2. The number of para-hydroxylation sites is 11. The number of hydrogen-bond acceptors (Lipinski definition) is 9. The summed E-state index contributed by atoms with van der Waals surface area (Å²) in [6, 6.07) is 146. The van der Waals surface area contributed by atoms with E-state index >= 15 is 0 Å². The molecule has 0 unspecified atom stereocenters. The quantitative estimate of drug-likeness (QED) is 0.121. The molecular formula is C110H70Br2N8O4. The molecule has 0 amide bonds. The smallest absolute Gasteiger partial charge is 0.227 e. The first-order chi connectivity index (χ1) is 61.2. The van der Waals surface area contributed by atoms with Crippen LogP contribution in [0, 0.1) is 0 Å². The Balaban J connectivity index is 0.000000143. The van der Waals surface area contributed by atoms with E-state index in [9.17, 15) is 0 Å². The monoisotopic (exact) mass is 1720 g/mol. The molecule has 18 aromatic carbocycles. The van der Waals surface area contributed by atoms with Gasteiger partial charge in [0.05, 0.1) is 22.1 Å². The zero-order valence-corrected chi connectivity index (χ0v) is 69.5. The van der Waals surface area contributed by atoms with Gasteiger partial charge in [0.2, 0.25) is 11.8 Å². The maximum Gasteiger partial charge on any atom is 0.227 e. The summed E-state index contributed by atoms with van der Waals surface area (Å²) in [6.45, 7) is 0. The molecule has 7 aromatic heterocycles. The molecule has 588 valence electrons. The number of aromatic nitrogens is 5. The molecule has 0 saturated heterocycles. The van der Waals surface area contributed by atoms with Crippen LogP contribution < -0.4 is 14.7 Å². The molecule has 0 aliphatic heterocycles. The van der Waals surface area contributed by atoms with Crippen molar-refractivity contribution in [2.75, 3.05) is 14.7 Å². The van der Waals surface area contributed by atoms with E-state index in [1.807, 2.05) is 84.9 Å². The molecule has 25 aromatic rings. The average Bonchev–Trinajstić information content (AvgIpc) is 1.57. The van der Waals surface area contributed by atoms with Crippen LogP contribution in [0.5, 0.6) is 0 Å². The Kier molecular flexibility index (Phi) is 18.2. The third kappa shape index (κ3) is 13.2. The third-order valence-corrected chi connectivity index (χ3v) is 24.1. The summed E-state index contributed by atoms with van der Waals surface area (Å²) < 4.78 is 31.9. The summed E-state index contributed by atoms with van der Waals surface area (Å²) in [5, 5.41) is 11.3. The van der Waals surface area contributed by atoms with Crippen molar-refractivity contribution in [3.8, 4) is 34.3 Å². The molecule has 7 heterocycles. The minimum Gasteiger partial charge on any atom is -0.456 e. The van der Waals surface area contributed by atoms with Gasteiger partial charge in [-0.25, -0.2) is 9.97 Å². The highest BCUT2D eigenvalue weighted by Gasteiger charge is 2.25. The van der Waals surface area contributed by atoms with Crippen molar-refractivity contribution in [3.05, 3.63) is 428 Å². The molecule has 0 fully saturated rings. The molecule has 0 aliphatic rings. The van der Waals surface area contributed by atoms with Gasteiger partial charge in [0.1, 0.15) is 33.4 Å². The summed E-state index contributed by atoms with van der Waals surface area (Å²) in [7, 11) is 0. The maximum atomic E-state index is 6.89. The lowest BCUT2D eigenvalue weighted by Crippen LogP contribution is -2.10. The second-order valence-electron chi connectivity index (χ2n) is 30.8. The molecule has 0 saturated carbocycles. The SMILES string of the molecule is Brc1cc(Br)cc(-c2nc3cc4oc5ccccc5c4cc3o2)c1.c1ccc(N(c2ccccc2)c2ccc3c(c2)[nH]c2ccccc23)cc1.c1ccc(N(c2ccccc2)c2ccc3c4ccccc4n(-c4cc(-c5nc6cc7oc8ccccc8c7cc6o5)cc(-n5c6ccccc6c6ccc(N(c7ccccc7)c7ccccc7)cc65)c4)c3c2)cc1. The fourth-order valence-electron chi connectivity index (χ4n) is 17.7. The van der Waals surface area contributed by atoms with E-state index < -0.39 is 0 Å². The van der Waals surface area contributed by atoms with Crippen LogP contribution in [-0.4, -0.2) is 24.1 Å². The number of furan rings is 2. The molecule has 12 nitrogen and oxygen atoms in total. The van der Waals surface area contributed by atoms with E-state index in [0.717, 1.165) is 192 Å². The van der Waals surface area contributed by atoms with E-state index in [1.54, 1.807) is 0 Å². The summed E-state index contributed by atoms with van der Waals surface area (Å²) in [5.74, 6) is 1.10. The van der Waals surface area contributed by atoms with E-state index in [2.05, 4.69) is 399 Å². The van der Waals surface area contributed by atoms with E-state index in [-0.39, 0.29) is 0 Å². The Bertz CT molecular complexity index is 8010. The average molecular weight is 1730 g/mol. The largest absolute Gasteiger partial charge is 0.456 e. The molecule has 0 bridgehead atoms. The van der Waals surface area contributed by atoms with Crippen LogP contribution >= 0.6 is 31.9 Å². The number of rotatable bonds is 13. The van der Waals surface area contributed by atoms with Crippen LogP contribution in [0.15, 0.2) is 445 Å². The molecule has 1 N–H and O–H groups in total. The van der Waals surface area contributed by atoms with Crippen LogP contribution in [0.2, 0.25) is 0 Å². The number of aromatic amines is 1. The van der Waals surface area contributed by atoms with Crippen LogP contribution in [0.1, 0.15) is 0 Å². The van der Waals surface area contributed by atoms with Crippen LogP contribution in [0.3, 0.4) is 0 Å². The van der Waals surface area contributed by atoms with Gasteiger partial charge in [-0.1, -0.05) is 250 Å². The van der Waals surface area contributed by atoms with Crippen LogP contribution in [0.4, 0.5) is 51.2 Å². The topological polar surface area (TPSA) is 114 Å².